The van der Waals surface area contributed by atoms with Crippen molar-refractivity contribution in [2.75, 3.05) is 26.7 Å². The number of amides is 1. The van der Waals surface area contributed by atoms with Crippen molar-refractivity contribution >= 4 is 12.0 Å². The van der Waals surface area contributed by atoms with Gasteiger partial charge < -0.3 is 10.1 Å². The van der Waals surface area contributed by atoms with E-state index in [-0.39, 0.29) is 23.8 Å². The first kappa shape index (κ1) is 22.6. The molecule has 4 rings (SSSR count). The second-order valence-electron chi connectivity index (χ2n) is 7.96. The molecule has 0 unspecified atom stereocenters. The van der Waals surface area contributed by atoms with Gasteiger partial charge in [-0.3, -0.25) is 9.69 Å². The van der Waals surface area contributed by atoms with Gasteiger partial charge in [-0.15, -0.1) is 5.10 Å². The summed E-state index contributed by atoms with van der Waals surface area (Å²) in [7, 11) is 1.65. The van der Waals surface area contributed by atoms with E-state index in [1.807, 2.05) is 36.4 Å². The summed E-state index contributed by atoms with van der Waals surface area (Å²) < 4.78 is 20.2. The van der Waals surface area contributed by atoms with Crippen LogP contribution in [0.1, 0.15) is 23.6 Å². The minimum atomic E-state index is -0.297. The van der Waals surface area contributed by atoms with Crippen molar-refractivity contribution in [2.24, 2.45) is 0 Å². The third-order valence-electron chi connectivity index (χ3n) is 5.83. The van der Waals surface area contributed by atoms with Crippen molar-refractivity contribution in [3.05, 3.63) is 77.9 Å². The zero-order valence-corrected chi connectivity index (χ0v) is 18.5. The van der Waals surface area contributed by atoms with E-state index in [1.165, 1.54) is 12.1 Å². The first-order valence-electron chi connectivity index (χ1n) is 10.9. The van der Waals surface area contributed by atoms with Crippen molar-refractivity contribution in [3.63, 3.8) is 0 Å². The number of carbonyl (C=O) groups excluding carboxylic acids is 1. The summed E-state index contributed by atoms with van der Waals surface area (Å²) in [5.74, 6) is 0.509. The Bertz CT molecular complexity index is 1070. The van der Waals surface area contributed by atoms with Gasteiger partial charge in [-0.25, -0.2) is 9.07 Å². The first-order valence-corrected chi connectivity index (χ1v) is 10.9. The second-order valence-corrected chi connectivity index (χ2v) is 7.96. The molecule has 172 valence electrons. The number of benzene rings is 2. The predicted octanol–water partition coefficient (Wildman–Crippen LogP) is 2.51. The fourth-order valence-corrected chi connectivity index (χ4v) is 4.10. The number of nitrogens with zero attached hydrogens (tertiary/aromatic N) is 5. The fourth-order valence-electron chi connectivity index (χ4n) is 4.10. The Morgan fingerprint density at radius 2 is 2.06 bits per heavy atom. The molecule has 1 aliphatic rings. The van der Waals surface area contributed by atoms with Crippen molar-refractivity contribution < 1.29 is 13.9 Å². The Labute approximate surface area is 192 Å². The van der Waals surface area contributed by atoms with Gasteiger partial charge in [-0.1, -0.05) is 42.5 Å². The molecule has 1 aliphatic heterocycles. The van der Waals surface area contributed by atoms with Crippen molar-refractivity contribution in [3.8, 4) is 5.75 Å². The Kier molecular flexibility index (Phi) is 7.41. The molecule has 9 heteroatoms. The average molecular weight is 451 g/mol. The molecule has 0 radical (unpaired) electrons. The molecule has 0 bridgehead atoms. The summed E-state index contributed by atoms with van der Waals surface area (Å²) in [4.78, 5) is 15.2. The van der Waals surface area contributed by atoms with Crippen molar-refractivity contribution in [2.45, 2.75) is 24.9 Å². The third-order valence-corrected chi connectivity index (χ3v) is 5.83. The number of nitrogens with one attached hydrogen (secondary N) is 1. The maximum atomic E-state index is 13.1. The number of hydrogen-bond acceptors (Lipinski definition) is 6. The third kappa shape index (κ3) is 5.81. The molecule has 0 saturated carbocycles. The van der Waals surface area contributed by atoms with Crippen LogP contribution in [-0.4, -0.2) is 63.8 Å². The number of aromatic nitrogens is 4. The van der Waals surface area contributed by atoms with Crippen LogP contribution >= 0.6 is 0 Å². The number of halogens is 1. The number of carbonyl (C=O) groups is 1. The summed E-state index contributed by atoms with van der Waals surface area (Å²) in [6, 6.07) is 13.9. The lowest BCUT2D eigenvalue weighted by molar-refractivity contribution is -0.125. The van der Waals surface area contributed by atoms with E-state index in [0.717, 1.165) is 16.9 Å². The number of tetrazole rings is 1. The lowest BCUT2D eigenvalue weighted by Crippen LogP contribution is -2.43. The van der Waals surface area contributed by atoms with Crippen LogP contribution in [0.15, 0.2) is 60.9 Å². The van der Waals surface area contributed by atoms with E-state index >= 15 is 0 Å². The number of para-hydroxylation sites is 1. The van der Waals surface area contributed by atoms with E-state index in [4.69, 9.17) is 4.74 Å². The van der Waals surface area contributed by atoms with Gasteiger partial charge in [0.05, 0.1) is 19.2 Å². The fraction of sp³-hybridized carbons (Fsp3) is 0.333. The van der Waals surface area contributed by atoms with Crippen LogP contribution in [0.25, 0.3) is 6.08 Å². The highest BCUT2D eigenvalue weighted by Gasteiger charge is 2.37. The minimum absolute atomic E-state index is 0.0208. The zero-order chi connectivity index (χ0) is 23.0. The van der Waals surface area contributed by atoms with Gasteiger partial charge in [-0.2, -0.15) is 0 Å². The maximum Gasteiger partial charge on any atom is 0.237 e. The van der Waals surface area contributed by atoms with Gasteiger partial charge >= 0.3 is 0 Å². The number of likely N-dealkylation sites (tertiary alicyclic amines) is 1. The summed E-state index contributed by atoms with van der Waals surface area (Å²) >= 11 is 0. The van der Waals surface area contributed by atoms with Gasteiger partial charge in [0.1, 0.15) is 17.9 Å². The minimum Gasteiger partial charge on any atom is -0.496 e. The highest BCUT2D eigenvalue weighted by Crippen LogP contribution is 2.27. The normalized spacial score (nSPS) is 18.6. The number of methoxy groups -OCH3 is 1. The molecule has 1 fully saturated rings. The smallest absolute Gasteiger partial charge is 0.237 e. The summed E-state index contributed by atoms with van der Waals surface area (Å²) in [6.45, 7) is 1.76. The van der Waals surface area contributed by atoms with Gasteiger partial charge in [0, 0.05) is 25.2 Å². The maximum absolute atomic E-state index is 13.1. The number of ether oxygens (including phenoxy) is 1. The van der Waals surface area contributed by atoms with E-state index < -0.39 is 0 Å². The number of hydrogen-bond donors (Lipinski definition) is 1. The Balaban J connectivity index is 1.39. The van der Waals surface area contributed by atoms with E-state index in [1.54, 1.807) is 30.3 Å². The largest absolute Gasteiger partial charge is 0.496 e. The van der Waals surface area contributed by atoms with E-state index in [9.17, 15) is 9.18 Å². The lowest BCUT2D eigenvalue weighted by Gasteiger charge is -2.22. The first-order chi connectivity index (χ1) is 16.1. The highest BCUT2D eigenvalue weighted by molar-refractivity contribution is 5.82. The topological polar surface area (TPSA) is 85.2 Å². The molecule has 8 nitrogen and oxygen atoms in total. The van der Waals surface area contributed by atoms with Crippen LogP contribution in [-0.2, 0) is 11.2 Å². The van der Waals surface area contributed by atoms with E-state index in [2.05, 4.69) is 25.7 Å². The molecule has 2 heterocycles. The standard InChI is InChI=1S/C24H27FN6O2/c1-33-23-7-3-2-5-19(23)6-4-14-30-16-21(31-17-27-28-29-31)15-22(30)24(32)26-13-12-18-8-10-20(25)11-9-18/h2-11,17,21-22H,12-16H2,1H3,(H,26,32)/b6-4+/t21-,22+/m1/s1. The molecule has 1 amide bonds. The molecule has 2 aromatic carbocycles. The predicted molar refractivity (Wildman–Crippen MR) is 122 cm³/mol. The van der Waals surface area contributed by atoms with Crippen LogP contribution in [0.2, 0.25) is 0 Å². The average Bonchev–Trinajstić information content (AvgIpc) is 3.51. The zero-order valence-electron chi connectivity index (χ0n) is 18.5. The summed E-state index contributed by atoms with van der Waals surface area (Å²) in [5, 5.41) is 14.5. The lowest BCUT2D eigenvalue weighted by atomic mass is 10.1. The Hall–Kier alpha value is -3.59. The van der Waals surface area contributed by atoms with Gasteiger partial charge in [-0.05, 0) is 47.0 Å². The van der Waals surface area contributed by atoms with Crippen LogP contribution in [0.4, 0.5) is 4.39 Å². The Morgan fingerprint density at radius 1 is 1.24 bits per heavy atom. The van der Waals surface area contributed by atoms with Gasteiger partial charge in [0.25, 0.3) is 0 Å². The molecule has 2 atom stereocenters. The summed E-state index contributed by atoms with van der Waals surface area (Å²) in [5.41, 5.74) is 1.96. The van der Waals surface area contributed by atoms with Gasteiger partial charge in [0.15, 0.2) is 0 Å². The van der Waals surface area contributed by atoms with Crippen LogP contribution < -0.4 is 10.1 Å². The van der Waals surface area contributed by atoms with Gasteiger partial charge in [0.2, 0.25) is 5.91 Å². The van der Waals surface area contributed by atoms with Crippen LogP contribution in [0, 0.1) is 5.82 Å². The molecule has 1 saturated heterocycles. The SMILES string of the molecule is COc1ccccc1/C=C/CN1C[C@H](n2cnnn2)C[C@H]1C(=O)NCCc1ccc(F)cc1. The van der Waals surface area contributed by atoms with Crippen LogP contribution in [0.3, 0.4) is 0 Å². The molecule has 1 N–H and O–H groups in total. The molecular weight excluding hydrogens is 423 g/mol. The van der Waals surface area contributed by atoms with Crippen molar-refractivity contribution in [1.82, 2.24) is 30.4 Å². The molecular formula is C24H27FN6O2. The molecule has 3 aromatic rings. The quantitative estimate of drug-likeness (QED) is 0.539. The molecule has 0 aliphatic carbocycles. The molecule has 0 spiro atoms. The monoisotopic (exact) mass is 450 g/mol. The van der Waals surface area contributed by atoms with E-state index in [0.29, 0.717) is 32.5 Å². The molecule has 1 aromatic heterocycles. The van der Waals surface area contributed by atoms with Crippen LogP contribution in [0.5, 0.6) is 5.75 Å². The second kappa shape index (κ2) is 10.8. The number of rotatable bonds is 9. The Morgan fingerprint density at radius 3 is 2.82 bits per heavy atom. The highest BCUT2D eigenvalue weighted by atomic mass is 19.1. The molecule has 33 heavy (non-hydrogen) atoms. The van der Waals surface area contributed by atoms with Crippen molar-refractivity contribution in [1.29, 1.82) is 0 Å². The summed E-state index contributed by atoms with van der Waals surface area (Å²) in [6.07, 6.45) is 6.90.